The van der Waals surface area contributed by atoms with E-state index in [0.29, 0.717) is 5.56 Å². The number of hydrogen-bond acceptors (Lipinski definition) is 3. The fourth-order valence-corrected chi connectivity index (χ4v) is 4.79. The van der Waals surface area contributed by atoms with Gasteiger partial charge in [-0.3, -0.25) is 4.79 Å². The van der Waals surface area contributed by atoms with Crippen molar-refractivity contribution < 1.29 is 18.3 Å². The van der Waals surface area contributed by atoms with Crippen molar-refractivity contribution in [2.24, 2.45) is 0 Å². The van der Waals surface area contributed by atoms with Gasteiger partial charge in [-0.05, 0) is 38.3 Å². The summed E-state index contributed by atoms with van der Waals surface area (Å²) < 4.78 is 26.9. The summed E-state index contributed by atoms with van der Waals surface area (Å²) in [4.78, 5) is 11.3. The Kier molecular flexibility index (Phi) is 4.68. The Balaban J connectivity index is 2.43. The third kappa shape index (κ3) is 3.44. The largest absolute Gasteiger partial charge is 0.480 e. The number of hydrogen-bond donors (Lipinski definition) is 1. The molecule has 1 aromatic carbocycles. The second-order valence-corrected chi connectivity index (χ2v) is 7.51. The first-order valence-electron chi connectivity index (χ1n) is 7.13. The van der Waals surface area contributed by atoms with Crippen molar-refractivity contribution in [3.05, 3.63) is 29.3 Å². The zero-order valence-electron chi connectivity index (χ0n) is 12.4. The first kappa shape index (κ1) is 16.0. The van der Waals surface area contributed by atoms with E-state index in [-0.39, 0.29) is 10.9 Å². The fourth-order valence-electron chi connectivity index (χ4n) is 2.95. The topological polar surface area (TPSA) is 74.7 Å². The van der Waals surface area contributed by atoms with Gasteiger partial charge in [0.2, 0.25) is 10.0 Å². The van der Waals surface area contributed by atoms with Gasteiger partial charge in [0.15, 0.2) is 0 Å². The molecule has 6 heteroatoms. The highest BCUT2D eigenvalue weighted by Gasteiger charge is 2.35. The SMILES string of the molecule is Cc1ccc(S(=O)(=O)N(CC(=O)O)C2CCCC2)c(C)c1. The monoisotopic (exact) mass is 311 g/mol. The van der Waals surface area contributed by atoms with Crippen LogP contribution in [0.2, 0.25) is 0 Å². The van der Waals surface area contributed by atoms with E-state index in [9.17, 15) is 13.2 Å². The number of carboxylic acid groups (broad SMARTS) is 1. The highest BCUT2D eigenvalue weighted by molar-refractivity contribution is 7.89. The number of carboxylic acids is 1. The quantitative estimate of drug-likeness (QED) is 0.905. The van der Waals surface area contributed by atoms with Crippen LogP contribution in [-0.4, -0.2) is 36.4 Å². The van der Waals surface area contributed by atoms with Crippen LogP contribution in [0.1, 0.15) is 36.8 Å². The van der Waals surface area contributed by atoms with Crippen LogP contribution >= 0.6 is 0 Å². The van der Waals surface area contributed by atoms with Crippen LogP contribution in [0.15, 0.2) is 23.1 Å². The van der Waals surface area contributed by atoms with Gasteiger partial charge in [-0.15, -0.1) is 0 Å². The molecule has 1 aliphatic rings. The van der Waals surface area contributed by atoms with Crippen LogP contribution in [0.3, 0.4) is 0 Å². The summed E-state index contributed by atoms with van der Waals surface area (Å²) >= 11 is 0. The van der Waals surface area contributed by atoms with E-state index in [2.05, 4.69) is 0 Å². The molecule has 1 N–H and O–H groups in total. The van der Waals surface area contributed by atoms with Crippen molar-refractivity contribution in [3.8, 4) is 0 Å². The summed E-state index contributed by atoms with van der Waals surface area (Å²) in [6.45, 7) is 3.17. The van der Waals surface area contributed by atoms with Gasteiger partial charge in [-0.1, -0.05) is 30.5 Å². The highest BCUT2D eigenvalue weighted by Crippen LogP contribution is 2.29. The Morgan fingerprint density at radius 2 is 1.90 bits per heavy atom. The van der Waals surface area contributed by atoms with E-state index in [1.165, 1.54) is 4.31 Å². The smallest absolute Gasteiger partial charge is 0.318 e. The van der Waals surface area contributed by atoms with Crippen molar-refractivity contribution in [1.29, 1.82) is 0 Å². The molecule has 0 bridgehead atoms. The Morgan fingerprint density at radius 3 is 2.43 bits per heavy atom. The summed E-state index contributed by atoms with van der Waals surface area (Å²) in [5, 5.41) is 9.06. The number of aryl methyl sites for hydroxylation is 2. The Labute approximate surface area is 125 Å². The van der Waals surface area contributed by atoms with Gasteiger partial charge in [0.1, 0.15) is 6.54 Å². The lowest BCUT2D eigenvalue weighted by molar-refractivity contribution is -0.137. The normalized spacial score (nSPS) is 16.5. The zero-order chi connectivity index (χ0) is 15.6. The molecule has 0 atom stereocenters. The molecule has 0 unspecified atom stereocenters. The third-order valence-corrected chi connectivity index (χ3v) is 6.00. The first-order valence-corrected chi connectivity index (χ1v) is 8.57. The zero-order valence-corrected chi connectivity index (χ0v) is 13.2. The van der Waals surface area contributed by atoms with Crippen LogP contribution in [0.25, 0.3) is 0 Å². The molecule has 116 valence electrons. The lowest BCUT2D eigenvalue weighted by Gasteiger charge is -2.27. The second-order valence-electron chi connectivity index (χ2n) is 5.65. The molecule has 5 nitrogen and oxygen atoms in total. The molecule has 0 aromatic heterocycles. The standard InChI is InChI=1S/C15H21NO4S/c1-11-7-8-14(12(2)9-11)21(19,20)16(10-15(17)18)13-5-3-4-6-13/h7-9,13H,3-6,10H2,1-2H3,(H,17,18). The summed E-state index contributed by atoms with van der Waals surface area (Å²) in [6.07, 6.45) is 3.36. The maximum Gasteiger partial charge on any atom is 0.318 e. The molecular formula is C15H21NO4S. The highest BCUT2D eigenvalue weighted by atomic mass is 32.2. The van der Waals surface area contributed by atoms with Gasteiger partial charge in [-0.2, -0.15) is 4.31 Å². The van der Waals surface area contributed by atoms with E-state index in [1.807, 2.05) is 6.92 Å². The number of benzene rings is 1. The Hall–Kier alpha value is -1.40. The molecule has 0 spiro atoms. The van der Waals surface area contributed by atoms with Crippen molar-refractivity contribution in [3.63, 3.8) is 0 Å². The van der Waals surface area contributed by atoms with Gasteiger partial charge in [0.05, 0.1) is 4.90 Å². The molecule has 1 aromatic rings. The van der Waals surface area contributed by atoms with E-state index in [1.54, 1.807) is 25.1 Å². The van der Waals surface area contributed by atoms with Crippen LogP contribution in [0.4, 0.5) is 0 Å². The Bertz CT molecular complexity index is 633. The minimum atomic E-state index is -3.77. The molecule has 0 saturated heterocycles. The molecule has 0 radical (unpaired) electrons. The van der Waals surface area contributed by atoms with Gasteiger partial charge in [-0.25, -0.2) is 8.42 Å². The number of nitrogens with zero attached hydrogens (tertiary/aromatic N) is 1. The molecule has 1 fully saturated rings. The van der Waals surface area contributed by atoms with Crippen LogP contribution < -0.4 is 0 Å². The van der Waals surface area contributed by atoms with Crippen molar-refractivity contribution >= 4 is 16.0 Å². The van der Waals surface area contributed by atoms with Crippen LogP contribution in [0.5, 0.6) is 0 Å². The summed E-state index contributed by atoms with van der Waals surface area (Å²) in [6, 6.07) is 4.92. The number of rotatable bonds is 5. The molecule has 0 aliphatic heterocycles. The number of carbonyl (C=O) groups is 1. The average Bonchev–Trinajstić information content (AvgIpc) is 2.88. The summed E-state index contributed by atoms with van der Waals surface area (Å²) in [7, 11) is -3.77. The molecule has 1 aliphatic carbocycles. The number of aliphatic carboxylic acids is 1. The van der Waals surface area contributed by atoms with Gasteiger partial charge >= 0.3 is 5.97 Å². The third-order valence-electron chi connectivity index (χ3n) is 3.94. The molecule has 1 saturated carbocycles. The minimum Gasteiger partial charge on any atom is -0.480 e. The predicted molar refractivity (Wildman–Crippen MR) is 79.7 cm³/mol. The molecule has 0 heterocycles. The van der Waals surface area contributed by atoms with Crippen LogP contribution in [0, 0.1) is 13.8 Å². The van der Waals surface area contributed by atoms with Gasteiger partial charge < -0.3 is 5.11 Å². The van der Waals surface area contributed by atoms with Crippen molar-refractivity contribution in [2.45, 2.75) is 50.5 Å². The van der Waals surface area contributed by atoms with E-state index in [4.69, 9.17) is 5.11 Å². The predicted octanol–water partition coefficient (Wildman–Crippen LogP) is 2.32. The molecule has 21 heavy (non-hydrogen) atoms. The fraction of sp³-hybridized carbons (Fsp3) is 0.533. The Morgan fingerprint density at radius 1 is 1.29 bits per heavy atom. The second kappa shape index (κ2) is 6.15. The molecule has 2 rings (SSSR count). The lowest BCUT2D eigenvalue weighted by Crippen LogP contribution is -2.42. The minimum absolute atomic E-state index is 0.202. The summed E-state index contributed by atoms with van der Waals surface area (Å²) in [5.41, 5.74) is 1.64. The maximum atomic E-state index is 12.8. The first-order chi connectivity index (χ1) is 9.82. The van der Waals surface area contributed by atoms with Crippen molar-refractivity contribution in [1.82, 2.24) is 4.31 Å². The van der Waals surface area contributed by atoms with E-state index >= 15 is 0 Å². The lowest BCUT2D eigenvalue weighted by atomic mass is 10.2. The van der Waals surface area contributed by atoms with Crippen molar-refractivity contribution in [2.75, 3.05) is 6.54 Å². The maximum absolute atomic E-state index is 12.8. The van der Waals surface area contributed by atoms with Gasteiger partial charge in [0.25, 0.3) is 0 Å². The van der Waals surface area contributed by atoms with E-state index < -0.39 is 22.5 Å². The van der Waals surface area contributed by atoms with Crippen LogP contribution in [-0.2, 0) is 14.8 Å². The molecule has 0 amide bonds. The van der Waals surface area contributed by atoms with Gasteiger partial charge in [0, 0.05) is 6.04 Å². The average molecular weight is 311 g/mol. The van der Waals surface area contributed by atoms with E-state index in [0.717, 1.165) is 31.2 Å². The number of sulfonamides is 1. The summed E-state index contributed by atoms with van der Waals surface area (Å²) in [5.74, 6) is -1.12. The molecular weight excluding hydrogens is 290 g/mol.